The molecule has 7 nitrogen and oxygen atoms in total. The van der Waals surface area contributed by atoms with Gasteiger partial charge < -0.3 is 25.5 Å². The zero-order valence-electron chi connectivity index (χ0n) is 17.9. The van der Waals surface area contributed by atoms with Crippen molar-refractivity contribution in [3.63, 3.8) is 0 Å². The van der Waals surface area contributed by atoms with Crippen LogP contribution in [0.5, 0.6) is 5.75 Å². The molecule has 1 heterocycles. The summed E-state index contributed by atoms with van der Waals surface area (Å²) in [6, 6.07) is 6.55. The molecular weight excluding hydrogens is 481 g/mol. The Morgan fingerprint density at radius 3 is 2.62 bits per heavy atom. The number of nitrogens with zero attached hydrogens (tertiary/aromatic N) is 3. The zero-order valence-corrected chi connectivity index (χ0v) is 20.2. The van der Waals surface area contributed by atoms with Gasteiger partial charge in [-0.05, 0) is 44.5 Å². The van der Waals surface area contributed by atoms with Crippen LogP contribution in [-0.4, -0.2) is 79.1 Å². The van der Waals surface area contributed by atoms with E-state index >= 15 is 0 Å². The number of carbonyl (C=O) groups excluding carboxylic acids is 1. The van der Waals surface area contributed by atoms with Crippen molar-refractivity contribution in [2.24, 2.45) is 10.9 Å². The second-order valence-corrected chi connectivity index (χ2v) is 7.10. The number of hydrogen-bond donors (Lipinski definition) is 3. The Bertz CT molecular complexity index is 652. The standard InChI is InChI=1S/C21H35N5O2.HI/c1-4-22-21(26-14-11-17(16-26)15-25(5-2)6-3)24-13-12-23-20(28)18-9-7-8-10-19(18)27;/h7-10,17,27H,4-6,11-16H2,1-3H3,(H,22,24)(H,23,28);1H. The number of rotatable bonds is 9. The minimum absolute atomic E-state index is 0. The molecule has 1 fully saturated rings. The van der Waals surface area contributed by atoms with E-state index in [0.29, 0.717) is 19.0 Å². The number of halogens is 1. The minimum atomic E-state index is -0.279. The lowest BCUT2D eigenvalue weighted by Gasteiger charge is -2.24. The number of likely N-dealkylation sites (tertiary alicyclic amines) is 1. The Balaban J connectivity index is 0.00000420. The monoisotopic (exact) mass is 517 g/mol. The molecule has 0 aliphatic carbocycles. The Morgan fingerprint density at radius 1 is 1.24 bits per heavy atom. The third-order valence-electron chi connectivity index (χ3n) is 5.14. The lowest BCUT2D eigenvalue weighted by molar-refractivity contribution is 0.0952. The summed E-state index contributed by atoms with van der Waals surface area (Å²) in [5.41, 5.74) is 0.289. The average molecular weight is 517 g/mol. The van der Waals surface area contributed by atoms with Crippen LogP contribution in [0, 0.1) is 5.92 Å². The number of nitrogens with one attached hydrogen (secondary N) is 2. The van der Waals surface area contributed by atoms with Gasteiger partial charge in [-0.25, -0.2) is 0 Å². The van der Waals surface area contributed by atoms with Gasteiger partial charge in [-0.3, -0.25) is 9.79 Å². The summed E-state index contributed by atoms with van der Waals surface area (Å²) in [7, 11) is 0. The van der Waals surface area contributed by atoms with Crippen LogP contribution in [0.2, 0.25) is 0 Å². The van der Waals surface area contributed by atoms with Gasteiger partial charge >= 0.3 is 0 Å². The number of guanidine groups is 1. The number of carbonyl (C=O) groups is 1. The molecule has 164 valence electrons. The highest BCUT2D eigenvalue weighted by molar-refractivity contribution is 14.0. The van der Waals surface area contributed by atoms with Crippen molar-refractivity contribution in [2.75, 3.05) is 52.4 Å². The van der Waals surface area contributed by atoms with Crippen LogP contribution in [-0.2, 0) is 0 Å². The van der Waals surface area contributed by atoms with Crippen LogP contribution in [0.1, 0.15) is 37.6 Å². The quantitative estimate of drug-likeness (QED) is 0.203. The first kappa shape index (κ1) is 25.5. The van der Waals surface area contributed by atoms with Crippen molar-refractivity contribution in [2.45, 2.75) is 27.2 Å². The zero-order chi connectivity index (χ0) is 20.4. The van der Waals surface area contributed by atoms with E-state index in [1.807, 2.05) is 0 Å². The Labute approximate surface area is 192 Å². The molecule has 0 saturated carbocycles. The number of phenols is 1. The molecule has 1 aromatic rings. The topological polar surface area (TPSA) is 80.2 Å². The van der Waals surface area contributed by atoms with Crippen LogP contribution in [0.15, 0.2) is 29.3 Å². The van der Waals surface area contributed by atoms with E-state index in [1.54, 1.807) is 18.2 Å². The maximum Gasteiger partial charge on any atom is 0.255 e. The fourth-order valence-electron chi connectivity index (χ4n) is 3.54. The molecule has 0 aromatic heterocycles. The number of hydrogen-bond acceptors (Lipinski definition) is 4. The van der Waals surface area contributed by atoms with Crippen LogP contribution >= 0.6 is 24.0 Å². The molecule has 1 aliphatic heterocycles. The Hall–Kier alpha value is -1.55. The lowest BCUT2D eigenvalue weighted by Crippen LogP contribution is -2.41. The van der Waals surface area contributed by atoms with Gasteiger partial charge in [0.1, 0.15) is 5.75 Å². The molecule has 1 saturated heterocycles. The van der Waals surface area contributed by atoms with Crippen LogP contribution in [0.4, 0.5) is 0 Å². The molecule has 0 radical (unpaired) electrons. The SMILES string of the molecule is CCNC(=NCCNC(=O)c1ccccc1O)N1CCC(CN(CC)CC)C1.I. The number of para-hydroxylation sites is 1. The first-order chi connectivity index (χ1) is 13.6. The number of phenolic OH excluding ortho intramolecular Hbond substituents is 1. The summed E-state index contributed by atoms with van der Waals surface area (Å²) in [4.78, 5) is 21.6. The molecule has 29 heavy (non-hydrogen) atoms. The van der Waals surface area contributed by atoms with Crippen molar-refractivity contribution in [1.29, 1.82) is 0 Å². The van der Waals surface area contributed by atoms with E-state index in [-0.39, 0.29) is 41.2 Å². The van der Waals surface area contributed by atoms with E-state index < -0.39 is 0 Å². The van der Waals surface area contributed by atoms with Gasteiger partial charge in [0.2, 0.25) is 0 Å². The summed E-state index contributed by atoms with van der Waals surface area (Å²) < 4.78 is 0. The van der Waals surface area contributed by atoms with Crippen molar-refractivity contribution in [3.05, 3.63) is 29.8 Å². The molecule has 0 bridgehead atoms. The minimum Gasteiger partial charge on any atom is -0.507 e. The molecule has 1 unspecified atom stereocenters. The van der Waals surface area contributed by atoms with E-state index in [1.165, 1.54) is 12.5 Å². The normalized spacial score (nSPS) is 16.6. The van der Waals surface area contributed by atoms with Crippen molar-refractivity contribution < 1.29 is 9.90 Å². The molecule has 1 aromatic carbocycles. The fourth-order valence-corrected chi connectivity index (χ4v) is 3.54. The number of amides is 1. The summed E-state index contributed by atoms with van der Waals surface area (Å²) in [6.45, 7) is 13.6. The van der Waals surface area contributed by atoms with Crippen LogP contribution in [0.25, 0.3) is 0 Å². The van der Waals surface area contributed by atoms with Gasteiger partial charge in [-0.1, -0.05) is 26.0 Å². The molecule has 2 rings (SSSR count). The van der Waals surface area contributed by atoms with Gasteiger partial charge in [-0.15, -0.1) is 24.0 Å². The third-order valence-corrected chi connectivity index (χ3v) is 5.14. The first-order valence-electron chi connectivity index (χ1n) is 10.4. The van der Waals surface area contributed by atoms with Crippen molar-refractivity contribution in [1.82, 2.24) is 20.4 Å². The summed E-state index contributed by atoms with van der Waals surface area (Å²) in [5, 5.41) is 15.9. The van der Waals surface area contributed by atoms with Gasteiger partial charge in [0.05, 0.1) is 12.1 Å². The highest BCUT2D eigenvalue weighted by Crippen LogP contribution is 2.18. The lowest BCUT2D eigenvalue weighted by atomic mass is 10.1. The van der Waals surface area contributed by atoms with Crippen LogP contribution in [0.3, 0.4) is 0 Å². The van der Waals surface area contributed by atoms with Crippen molar-refractivity contribution >= 4 is 35.8 Å². The van der Waals surface area contributed by atoms with Crippen LogP contribution < -0.4 is 10.6 Å². The highest BCUT2D eigenvalue weighted by atomic mass is 127. The summed E-state index contributed by atoms with van der Waals surface area (Å²) in [6.07, 6.45) is 1.19. The molecular formula is C21H36IN5O2. The smallest absolute Gasteiger partial charge is 0.255 e. The van der Waals surface area contributed by atoms with Gasteiger partial charge in [0.15, 0.2) is 5.96 Å². The number of aromatic hydroxyl groups is 1. The van der Waals surface area contributed by atoms with Gasteiger partial charge in [0.25, 0.3) is 5.91 Å². The summed E-state index contributed by atoms with van der Waals surface area (Å²) >= 11 is 0. The number of aliphatic imine (C=N–C) groups is 1. The molecule has 1 aliphatic rings. The predicted molar refractivity (Wildman–Crippen MR) is 129 cm³/mol. The van der Waals surface area contributed by atoms with Gasteiger partial charge in [-0.2, -0.15) is 0 Å². The fraction of sp³-hybridized carbons (Fsp3) is 0.619. The van der Waals surface area contributed by atoms with E-state index in [4.69, 9.17) is 0 Å². The van der Waals surface area contributed by atoms with E-state index in [0.717, 1.165) is 45.2 Å². The summed E-state index contributed by atoms with van der Waals surface area (Å²) in [5.74, 6) is 1.30. The van der Waals surface area contributed by atoms with Gasteiger partial charge in [0, 0.05) is 32.7 Å². The third kappa shape index (κ3) is 8.00. The van der Waals surface area contributed by atoms with E-state index in [9.17, 15) is 9.90 Å². The van der Waals surface area contributed by atoms with E-state index in [2.05, 4.69) is 46.2 Å². The van der Waals surface area contributed by atoms with Crippen molar-refractivity contribution in [3.8, 4) is 5.75 Å². The number of benzene rings is 1. The second-order valence-electron chi connectivity index (χ2n) is 7.10. The molecule has 3 N–H and O–H groups in total. The average Bonchev–Trinajstić information content (AvgIpc) is 3.17. The second kappa shape index (κ2) is 13.6. The molecule has 0 spiro atoms. The Kier molecular flexibility index (Phi) is 12.0. The molecule has 1 amide bonds. The predicted octanol–water partition coefficient (Wildman–Crippen LogP) is 2.37. The largest absolute Gasteiger partial charge is 0.507 e. The highest BCUT2D eigenvalue weighted by Gasteiger charge is 2.25. The molecule has 8 heteroatoms. The Morgan fingerprint density at radius 2 is 1.97 bits per heavy atom. The maximum atomic E-state index is 12.1. The first-order valence-corrected chi connectivity index (χ1v) is 10.4. The maximum absolute atomic E-state index is 12.1. The molecule has 1 atom stereocenters.